The van der Waals surface area contributed by atoms with E-state index in [0.29, 0.717) is 6.42 Å². The topological polar surface area (TPSA) is 55.8 Å². The van der Waals surface area contributed by atoms with Gasteiger partial charge in [-0.1, -0.05) is 30.3 Å². The van der Waals surface area contributed by atoms with E-state index in [2.05, 4.69) is 0 Å². The number of rotatable bonds is 6. The largest absolute Gasteiger partial charge is 0.481 e. The molecule has 0 radical (unpaired) electrons. The van der Waals surface area contributed by atoms with Crippen LogP contribution in [0.2, 0.25) is 0 Å². The molecular weight excluding hydrogens is 208 g/mol. The molecule has 1 rings (SSSR count). The third kappa shape index (κ3) is 3.32. The van der Waals surface area contributed by atoms with Crippen LogP contribution in [0.15, 0.2) is 30.3 Å². The number of carboxylic acid groups (broad SMARTS) is 1. The zero-order valence-electron chi connectivity index (χ0n) is 9.42. The molecule has 1 atom stereocenters. The smallest absolute Gasteiger partial charge is 0.311 e. The first kappa shape index (κ1) is 12.7. The average Bonchev–Trinajstić information content (AvgIpc) is 2.31. The van der Waals surface area contributed by atoms with E-state index in [4.69, 9.17) is 14.6 Å². The van der Waals surface area contributed by atoms with Crippen LogP contribution in [-0.4, -0.2) is 31.6 Å². The summed E-state index contributed by atoms with van der Waals surface area (Å²) in [5, 5.41) is 9.16. The molecule has 0 spiro atoms. The van der Waals surface area contributed by atoms with Crippen molar-refractivity contribution < 1.29 is 19.4 Å². The van der Waals surface area contributed by atoms with Crippen LogP contribution >= 0.6 is 0 Å². The third-order valence-electron chi connectivity index (χ3n) is 2.45. The van der Waals surface area contributed by atoms with Gasteiger partial charge < -0.3 is 14.6 Å². The van der Waals surface area contributed by atoms with Gasteiger partial charge in [-0.25, -0.2) is 0 Å². The second kappa shape index (κ2) is 6.25. The van der Waals surface area contributed by atoms with E-state index in [0.717, 1.165) is 5.56 Å². The number of hydrogen-bond acceptors (Lipinski definition) is 3. The Balaban J connectivity index is 2.80. The summed E-state index contributed by atoms with van der Waals surface area (Å²) in [4.78, 5) is 11.2. The van der Waals surface area contributed by atoms with Gasteiger partial charge in [0.05, 0.1) is 5.92 Å². The van der Waals surface area contributed by atoms with Gasteiger partial charge in [0.15, 0.2) is 6.29 Å². The van der Waals surface area contributed by atoms with Crippen LogP contribution in [0.3, 0.4) is 0 Å². The van der Waals surface area contributed by atoms with E-state index in [-0.39, 0.29) is 0 Å². The lowest BCUT2D eigenvalue weighted by Crippen LogP contribution is -2.22. The number of carboxylic acids is 1. The molecule has 1 aromatic rings. The zero-order valence-corrected chi connectivity index (χ0v) is 9.42. The van der Waals surface area contributed by atoms with Gasteiger partial charge in [0.25, 0.3) is 0 Å². The van der Waals surface area contributed by atoms with E-state index in [9.17, 15) is 4.79 Å². The van der Waals surface area contributed by atoms with Crippen molar-refractivity contribution in [1.29, 1.82) is 0 Å². The third-order valence-corrected chi connectivity index (χ3v) is 2.45. The minimum Gasteiger partial charge on any atom is -0.481 e. The van der Waals surface area contributed by atoms with Crippen LogP contribution in [0.4, 0.5) is 0 Å². The Bertz CT molecular complexity index is 319. The Hall–Kier alpha value is -1.39. The number of ether oxygens (including phenoxy) is 2. The highest BCUT2D eigenvalue weighted by atomic mass is 16.7. The van der Waals surface area contributed by atoms with Crippen LogP contribution in [0.5, 0.6) is 0 Å². The minimum absolute atomic E-state index is 0.298. The predicted molar refractivity (Wildman–Crippen MR) is 59.2 cm³/mol. The summed E-state index contributed by atoms with van der Waals surface area (Å²) in [6.07, 6.45) is -0.201. The molecule has 16 heavy (non-hydrogen) atoms. The minimum atomic E-state index is -0.870. The molecule has 0 fully saturated rings. The maximum absolute atomic E-state index is 11.2. The monoisotopic (exact) mass is 224 g/mol. The SMILES string of the molecule is COC(C[C@H](C(=O)O)c1ccccc1)OC. The number of methoxy groups -OCH3 is 2. The Labute approximate surface area is 94.8 Å². The van der Waals surface area contributed by atoms with Crippen molar-refractivity contribution in [3.05, 3.63) is 35.9 Å². The first-order chi connectivity index (χ1) is 7.69. The summed E-state index contributed by atoms with van der Waals surface area (Å²) in [6.45, 7) is 0. The molecular formula is C12H16O4. The number of aliphatic carboxylic acids is 1. The molecule has 0 unspecified atom stereocenters. The Morgan fingerprint density at radius 1 is 1.25 bits per heavy atom. The molecule has 88 valence electrons. The van der Waals surface area contributed by atoms with E-state index < -0.39 is 18.2 Å². The Morgan fingerprint density at radius 3 is 2.25 bits per heavy atom. The van der Waals surface area contributed by atoms with Gasteiger partial charge in [-0.2, -0.15) is 0 Å². The number of carbonyl (C=O) groups is 1. The lowest BCUT2D eigenvalue weighted by atomic mass is 9.96. The van der Waals surface area contributed by atoms with Crippen molar-refractivity contribution >= 4 is 5.97 Å². The number of hydrogen-bond donors (Lipinski definition) is 1. The molecule has 0 bridgehead atoms. The average molecular weight is 224 g/mol. The molecule has 0 saturated carbocycles. The van der Waals surface area contributed by atoms with Crippen LogP contribution < -0.4 is 0 Å². The lowest BCUT2D eigenvalue weighted by Gasteiger charge is -2.18. The molecule has 4 heteroatoms. The molecule has 0 aliphatic heterocycles. The second-order valence-electron chi connectivity index (χ2n) is 3.44. The fraction of sp³-hybridized carbons (Fsp3) is 0.417. The fourth-order valence-corrected chi connectivity index (χ4v) is 1.55. The molecule has 0 heterocycles. The lowest BCUT2D eigenvalue weighted by molar-refractivity contribution is -0.145. The molecule has 0 aliphatic carbocycles. The van der Waals surface area contributed by atoms with Crippen LogP contribution in [-0.2, 0) is 14.3 Å². The van der Waals surface area contributed by atoms with Gasteiger partial charge in [-0.3, -0.25) is 4.79 Å². The van der Waals surface area contributed by atoms with Crippen LogP contribution in [0.1, 0.15) is 17.9 Å². The summed E-state index contributed by atoms with van der Waals surface area (Å²) in [7, 11) is 3.00. The van der Waals surface area contributed by atoms with Crippen molar-refractivity contribution in [3.8, 4) is 0 Å². The van der Waals surface area contributed by atoms with Crippen LogP contribution in [0.25, 0.3) is 0 Å². The van der Waals surface area contributed by atoms with Crippen molar-refractivity contribution in [2.45, 2.75) is 18.6 Å². The highest BCUT2D eigenvalue weighted by Crippen LogP contribution is 2.22. The van der Waals surface area contributed by atoms with E-state index >= 15 is 0 Å². The van der Waals surface area contributed by atoms with Gasteiger partial charge in [-0.15, -0.1) is 0 Å². The number of benzene rings is 1. The van der Waals surface area contributed by atoms with Crippen molar-refractivity contribution in [1.82, 2.24) is 0 Å². The molecule has 0 aliphatic rings. The molecule has 4 nitrogen and oxygen atoms in total. The van der Waals surface area contributed by atoms with Gasteiger partial charge in [0.2, 0.25) is 0 Å². The highest BCUT2D eigenvalue weighted by molar-refractivity contribution is 5.76. The Kier molecular flexibility index (Phi) is 4.95. The van der Waals surface area contributed by atoms with Gasteiger partial charge in [0.1, 0.15) is 0 Å². The molecule has 1 N–H and O–H groups in total. The summed E-state index contributed by atoms with van der Waals surface area (Å²) >= 11 is 0. The van der Waals surface area contributed by atoms with Crippen LogP contribution in [0, 0.1) is 0 Å². The van der Waals surface area contributed by atoms with Gasteiger partial charge in [0, 0.05) is 20.6 Å². The standard InChI is InChI=1S/C12H16O4/c1-15-11(16-2)8-10(12(13)14)9-6-4-3-5-7-9/h3-7,10-11H,8H2,1-2H3,(H,13,14)/t10-/m0/s1. The van der Waals surface area contributed by atoms with E-state index in [1.807, 2.05) is 18.2 Å². The predicted octanol–water partition coefficient (Wildman–Crippen LogP) is 1.86. The first-order valence-electron chi connectivity index (χ1n) is 5.02. The maximum Gasteiger partial charge on any atom is 0.311 e. The van der Waals surface area contributed by atoms with E-state index in [1.165, 1.54) is 14.2 Å². The van der Waals surface area contributed by atoms with Crippen molar-refractivity contribution in [3.63, 3.8) is 0 Å². The molecule has 0 aromatic heterocycles. The first-order valence-corrected chi connectivity index (χ1v) is 5.02. The molecule has 0 amide bonds. The van der Waals surface area contributed by atoms with Crippen molar-refractivity contribution in [2.24, 2.45) is 0 Å². The quantitative estimate of drug-likeness (QED) is 0.749. The second-order valence-corrected chi connectivity index (χ2v) is 3.44. The zero-order chi connectivity index (χ0) is 12.0. The highest BCUT2D eigenvalue weighted by Gasteiger charge is 2.23. The fourth-order valence-electron chi connectivity index (χ4n) is 1.55. The van der Waals surface area contributed by atoms with E-state index in [1.54, 1.807) is 12.1 Å². The molecule has 1 aromatic carbocycles. The van der Waals surface area contributed by atoms with Gasteiger partial charge in [-0.05, 0) is 5.56 Å². The molecule has 0 saturated heterocycles. The summed E-state index contributed by atoms with van der Waals surface area (Å²) < 4.78 is 10.0. The summed E-state index contributed by atoms with van der Waals surface area (Å²) in [6, 6.07) is 9.08. The maximum atomic E-state index is 11.2. The summed E-state index contributed by atoms with van der Waals surface area (Å²) in [5.41, 5.74) is 0.758. The normalized spacial score (nSPS) is 12.7. The van der Waals surface area contributed by atoms with Gasteiger partial charge >= 0.3 is 5.97 Å². The van der Waals surface area contributed by atoms with Crippen molar-refractivity contribution in [2.75, 3.05) is 14.2 Å². The Morgan fingerprint density at radius 2 is 1.81 bits per heavy atom. The summed E-state index contributed by atoms with van der Waals surface area (Å²) in [5.74, 6) is -1.48.